The van der Waals surface area contributed by atoms with Gasteiger partial charge in [-0.25, -0.2) is 13.2 Å². The van der Waals surface area contributed by atoms with Crippen LogP contribution in [0.4, 0.5) is 13.2 Å². The van der Waals surface area contributed by atoms with Crippen molar-refractivity contribution in [2.45, 2.75) is 6.42 Å². The molecule has 1 nitrogen and oxygen atoms in total. The van der Waals surface area contributed by atoms with Crippen LogP contribution >= 0.6 is 15.9 Å². The van der Waals surface area contributed by atoms with Gasteiger partial charge in [-0.2, -0.15) is 0 Å². The quantitative estimate of drug-likeness (QED) is 0.768. The molecule has 2 aromatic carbocycles. The molecule has 98 valence electrons. The van der Waals surface area contributed by atoms with Crippen LogP contribution in [-0.2, 0) is 6.42 Å². The Bertz CT molecular complexity index is 641. The number of carbonyl (C=O) groups is 1. The van der Waals surface area contributed by atoms with E-state index in [0.29, 0.717) is 6.07 Å². The first-order valence-electron chi connectivity index (χ1n) is 5.39. The van der Waals surface area contributed by atoms with Crippen LogP contribution in [-0.4, -0.2) is 5.78 Å². The van der Waals surface area contributed by atoms with E-state index in [1.807, 2.05) is 0 Å². The average Bonchev–Trinajstić information content (AvgIpc) is 2.36. The molecule has 0 atom stereocenters. The van der Waals surface area contributed by atoms with E-state index in [1.54, 1.807) is 0 Å². The summed E-state index contributed by atoms with van der Waals surface area (Å²) in [6.45, 7) is 0. The van der Waals surface area contributed by atoms with E-state index >= 15 is 0 Å². The third-order valence-electron chi connectivity index (χ3n) is 2.61. The molecule has 0 aliphatic carbocycles. The summed E-state index contributed by atoms with van der Waals surface area (Å²) in [6, 6.07) is 6.92. The van der Waals surface area contributed by atoms with Crippen LogP contribution in [0.3, 0.4) is 0 Å². The summed E-state index contributed by atoms with van der Waals surface area (Å²) in [4.78, 5) is 11.9. The van der Waals surface area contributed by atoms with Crippen LogP contribution in [0.5, 0.6) is 0 Å². The van der Waals surface area contributed by atoms with Crippen molar-refractivity contribution < 1.29 is 18.0 Å². The molecule has 2 aromatic rings. The second kappa shape index (κ2) is 5.57. The van der Waals surface area contributed by atoms with Crippen LogP contribution in [0.25, 0.3) is 0 Å². The van der Waals surface area contributed by atoms with Crippen molar-refractivity contribution in [3.63, 3.8) is 0 Å². The molecule has 0 saturated heterocycles. The lowest BCUT2D eigenvalue weighted by atomic mass is 10.0. The van der Waals surface area contributed by atoms with Gasteiger partial charge in [0.25, 0.3) is 0 Å². The van der Waals surface area contributed by atoms with Gasteiger partial charge in [0.05, 0.1) is 4.47 Å². The fourth-order valence-electron chi connectivity index (χ4n) is 1.61. The van der Waals surface area contributed by atoms with Crippen LogP contribution < -0.4 is 0 Å². The fraction of sp³-hybridized carbons (Fsp3) is 0.0714. The highest BCUT2D eigenvalue weighted by atomic mass is 79.9. The van der Waals surface area contributed by atoms with E-state index in [9.17, 15) is 18.0 Å². The highest BCUT2D eigenvalue weighted by Gasteiger charge is 2.12. The van der Waals surface area contributed by atoms with Crippen molar-refractivity contribution in [1.82, 2.24) is 0 Å². The standard InChI is InChI=1S/C14H8BrF3O/c15-11-4-2-9(5-13(11)18)14(19)6-8-1-3-10(16)7-12(8)17/h1-5,7H,6H2. The number of hydrogen-bond donors (Lipinski definition) is 0. The molecule has 0 radical (unpaired) electrons. The molecule has 5 heteroatoms. The van der Waals surface area contributed by atoms with Gasteiger partial charge in [-0.05, 0) is 39.7 Å². The summed E-state index contributed by atoms with van der Waals surface area (Å²) in [5, 5.41) is 0. The first kappa shape index (κ1) is 13.8. The number of benzene rings is 2. The maximum Gasteiger partial charge on any atom is 0.167 e. The third-order valence-corrected chi connectivity index (χ3v) is 3.25. The van der Waals surface area contributed by atoms with Crippen LogP contribution in [0.2, 0.25) is 0 Å². The Morgan fingerprint density at radius 2 is 1.74 bits per heavy atom. The number of Topliss-reactive ketones (excluding diaryl/α,β-unsaturated/α-hetero) is 1. The zero-order valence-electron chi connectivity index (χ0n) is 9.59. The number of hydrogen-bond acceptors (Lipinski definition) is 1. The molecular weight excluding hydrogens is 321 g/mol. The number of ketones is 1. The van der Waals surface area contributed by atoms with Gasteiger partial charge in [0.2, 0.25) is 0 Å². The van der Waals surface area contributed by atoms with E-state index in [0.717, 1.165) is 12.1 Å². The Balaban J connectivity index is 2.23. The summed E-state index contributed by atoms with van der Waals surface area (Å²) in [5.74, 6) is -2.49. The molecule has 0 bridgehead atoms. The van der Waals surface area contributed by atoms with E-state index in [1.165, 1.54) is 18.2 Å². The van der Waals surface area contributed by atoms with Gasteiger partial charge in [-0.3, -0.25) is 4.79 Å². The second-order valence-electron chi connectivity index (χ2n) is 3.96. The maximum atomic E-state index is 13.4. The van der Waals surface area contributed by atoms with Gasteiger partial charge in [-0.1, -0.05) is 12.1 Å². The Hall–Kier alpha value is -1.62. The number of carbonyl (C=O) groups excluding carboxylic acids is 1. The van der Waals surface area contributed by atoms with E-state index in [2.05, 4.69) is 15.9 Å². The molecule has 19 heavy (non-hydrogen) atoms. The highest BCUT2D eigenvalue weighted by molar-refractivity contribution is 9.10. The highest BCUT2D eigenvalue weighted by Crippen LogP contribution is 2.18. The third kappa shape index (κ3) is 3.23. The molecule has 0 fully saturated rings. The van der Waals surface area contributed by atoms with Gasteiger partial charge in [-0.15, -0.1) is 0 Å². The monoisotopic (exact) mass is 328 g/mol. The minimum atomic E-state index is -0.786. The summed E-state index contributed by atoms with van der Waals surface area (Å²) in [6.07, 6.45) is -0.243. The molecule has 2 rings (SSSR count). The summed E-state index contributed by atoms with van der Waals surface area (Å²) < 4.78 is 39.7. The van der Waals surface area contributed by atoms with Crippen molar-refractivity contribution >= 4 is 21.7 Å². The predicted molar refractivity (Wildman–Crippen MR) is 68.5 cm³/mol. The topological polar surface area (TPSA) is 17.1 Å². The predicted octanol–water partition coefficient (Wildman–Crippen LogP) is 4.29. The number of halogens is 4. The smallest absolute Gasteiger partial charge is 0.167 e. The molecule has 0 aromatic heterocycles. The first-order valence-corrected chi connectivity index (χ1v) is 6.19. The summed E-state index contributed by atoms with van der Waals surface area (Å²) in [5.41, 5.74) is 0.221. The summed E-state index contributed by atoms with van der Waals surface area (Å²) in [7, 11) is 0. The molecular formula is C14H8BrF3O. The lowest BCUT2D eigenvalue weighted by Gasteiger charge is -2.04. The Morgan fingerprint density at radius 3 is 2.37 bits per heavy atom. The zero-order chi connectivity index (χ0) is 14.0. The maximum absolute atomic E-state index is 13.4. The van der Waals surface area contributed by atoms with Crippen LogP contribution in [0, 0.1) is 17.5 Å². The minimum absolute atomic E-state index is 0.0785. The SMILES string of the molecule is O=C(Cc1ccc(F)cc1F)c1ccc(Br)c(F)c1. The van der Waals surface area contributed by atoms with E-state index in [4.69, 9.17) is 0 Å². The normalized spacial score (nSPS) is 10.5. The lowest BCUT2D eigenvalue weighted by molar-refractivity contribution is 0.0991. The Kier molecular flexibility index (Phi) is 4.04. The van der Waals surface area contributed by atoms with Gasteiger partial charge >= 0.3 is 0 Å². The Labute approximate surface area is 116 Å². The summed E-state index contributed by atoms with van der Waals surface area (Å²) >= 11 is 2.98. The van der Waals surface area contributed by atoms with Crippen LogP contribution in [0.1, 0.15) is 15.9 Å². The van der Waals surface area contributed by atoms with Gasteiger partial charge in [0.1, 0.15) is 17.5 Å². The van der Waals surface area contributed by atoms with Crippen LogP contribution in [0.15, 0.2) is 40.9 Å². The fourth-order valence-corrected chi connectivity index (χ4v) is 1.86. The van der Waals surface area contributed by atoms with Crippen molar-refractivity contribution in [1.29, 1.82) is 0 Å². The van der Waals surface area contributed by atoms with Crippen molar-refractivity contribution in [3.8, 4) is 0 Å². The molecule has 0 spiro atoms. The molecule has 0 unspecified atom stereocenters. The minimum Gasteiger partial charge on any atom is -0.294 e. The molecule has 0 heterocycles. The second-order valence-corrected chi connectivity index (χ2v) is 4.82. The molecule has 0 aliphatic rings. The van der Waals surface area contributed by atoms with Crippen molar-refractivity contribution in [3.05, 3.63) is 69.4 Å². The van der Waals surface area contributed by atoms with Gasteiger partial charge in [0, 0.05) is 18.1 Å². The molecule has 0 aliphatic heterocycles. The van der Waals surface area contributed by atoms with Gasteiger partial charge < -0.3 is 0 Å². The zero-order valence-corrected chi connectivity index (χ0v) is 11.2. The van der Waals surface area contributed by atoms with E-state index in [-0.39, 0.29) is 22.0 Å². The number of rotatable bonds is 3. The van der Waals surface area contributed by atoms with Gasteiger partial charge in [0.15, 0.2) is 5.78 Å². The first-order chi connectivity index (χ1) is 8.97. The van der Waals surface area contributed by atoms with Crippen molar-refractivity contribution in [2.75, 3.05) is 0 Å². The molecule has 0 N–H and O–H groups in total. The lowest BCUT2D eigenvalue weighted by Crippen LogP contribution is -2.06. The molecule has 0 amide bonds. The Morgan fingerprint density at radius 1 is 1.00 bits per heavy atom. The van der Waals surface area contributed by atoms with Crippen molar-refractivity contribution in [2.24, 2.45) is 0 Å². The molecule has 0 saturated carbocycles. The largest absolute Gasteiger partial charge is 0.294 e. The van der Waals surface area contributed by atoms with E-state index < -0.39 is 23.2 Å². The average molecular weight is 329 g/mol.